The van der Waals surface area contributed by atoms with Crippen LogP contribution in [0.4, 0.5) is 0 Å². The molecule has 2 aliphatic rings. The molecule has 1 saturated carbocycles. The summed E-state index contributed by atoms with van der Waals surface area (Å²) in [4.78, 5) is 24.3. The molecule has 0 aromatic carbocycles. The molecule has 1 heterocycles. The number of cyclic esters (lactones) is 1. The Hall–Kier alpha value is -1.10. The third-order valence-corrected chi connectivity index (χ3v) is 4.84. The van der Waals surface area contributed by atoms with Gasteiger partial charge < -0.3 is 14.2 Å². The second-order valence-corrected chi connectivity index (χ2v) is 7.59. The van der Waals surface area contributed by atoms with Crippen molar-refractivity contribution in [2.45, 2.75) is 90.4 Å². The number of hydrogen-bond acceptors (Lipinski definition) is 5. The van der Waals surface area contributed by atoms with Crippen molar-refractivity contribution in [3.8, 4) is 0 Å². The molecule has 0 spiro atoms. The maximum atomic E-state index is 12.5. The molecular weight excluding hydrogens is 308 g/mol. The van der Waals surface area contributed by atoms with E-state index in [1.54, 1.807) is 0 Å². The third-order valence-electron chi connectivity index (χ3n) is 4.84. The van der Waals surface area contributed by atoms with Gasteiger partial charge in [-0.05, 0) is 44.9 Å². The lowest BCUT2D eigenvalue weighted by Gasteiger charge is -2.31. The predicted molar refractivity (Wildman–Crippen MR) is 90.4 cm³/mol. The molecule has 0 unspecified atom stereocenters. The Bertz CT molecular complexity index is 414. The summed E-state index contributed by atoms with van der Waals surface area (Å²) in [6.45, 7) is 6.55. The van der Waals surface area contributed by atoms with E-state index in [9.17, 15) is 9.59 Å². The Balaban J connectivity index is 2.06. The number of carbonyl (C=O) groups excluding carboxylic acids is 2. The molecule has 0 amide bonds. The summed E-state index contributed by atoms with van der Waals surface area (Å²) in [5, 5.41) is 0. The summed E-state index contributed by atoms with van der Waals surface area (Å²) >= 11 is 0. The van der Waals surface area contributed by atoms with E-state index in [-0.39, 0.29) is 30.1 Å². The minimum Gasteiger partial charge on any atom is -0.460 e. The van der Waals surface area contributed by atoms with E-state index in [0.29, 0.717) is 18.9 Å². The van der Waals surface area contributed by atoms with Crippen molar-refractivity contribution in [1.82, 2.24) is 0 Å². The van der Waals surface area contributed by atoms with Crippen LogP contribution in [0.15, 0.2) is 0 Å². The van der Waals surface area contributed by atoms with Gasteiger partial charge in [0.05, 0.1) is 5.92 Å². The van der Waals surface area contributed by atoms with Crippen LogP contribution in [0.25, 0.3) is 0 Å². The molecule has 1 aliphatic heterocycles. The van der Waals surface area contributed by atoms with Crippen molar-refractivity contribution in [2.24, 2.45) is 11.8 Å². The van der Waals surface area contributed by atoms with Crippen LogP contribution in [0.5, 0.6) is 0 Å². The molecule has 2 fully saturated rings. The van der Waals surface area contributed by atoms with Crippen molar-refractivity contribution in [3.05, 3.63) is 0 Å². The van der Waals surface area contributed by atoms with E-state index < -0.39 is 6.10 Å². The molecule has 0 N–H and O–H groups in total. The Kier molecular flexibility index (Phi) is 7.53. The topological polar surface area (TPSA) is 61.8 Å². The first kappa shape index (κ1) is 19.2. The largest absolute Gasteiger partial charge is 0.460 e. The first-order valence-electron chi connectivity index (χ1n) is 9.49. The lowest BCUT2D eigenvalue weighted by Crippen LogP contribution is -2.44. The number of carbonyl (C=O) groups is 2. The third kappa shape index (κ3) is 5.76. The van der Waals surface area contributed by atoms with E-state index in [1.165, 1.54) is 0 Å². The van der Waals surface area contributed by atoms with Gasteiger partial charge in [-0.25, -0.2) is 0 Å². The standard InChI is InChI=1S/C19H32O5/c1-13(2)12-22-18-14(3)23-17(20)11-7-6-10-16(18)24-19(21)15-8-4-5-9-15/h13-16,18H,4-12H2,1-3H3/t14-,16-,18-/m0/s1. The van der Waals surface area contributed by atoms with Gasteiger partial charge in [0, 0.05) is 13.0 Å². The quantitative estimate of drug-likeness (QED) is 0.715. The van der Waals surface area contributed by atoms with E-state index in [1.807, 2.05) is 6.92 Å². The summed E-state index contributed by atoms with van der Waals surface area (Å²) < 4.78 is 17.4. The van der Waals surface area contributed by atoms with Gasteiger partial charge >= 0.3 is 11.9 Å². The second kappa shape index (κ2) is 9.40. The smallest absolute Gasteiger partial charge is 0.309 e. The lowest BCUT2D eigenvalue weighted by atomic mass is 10.0. The van der Waals surface area contributed by atoms with Gasteiger partial charge in [-0.3, -0.25) is 9.59 Å². The average molecular weight is 340 g/mol. The van der Waals surface area contributed by atoms with Gasteiger partial charge in [0.25, 0.3) is 0 Å². The van der Waals surface area contributed by atoms with Crippen LogP contribution in [0.1, 0.15) is 72.1 Å². The monoisotopic (exact) mass is 340 g/mol. The van der Waals surface area contributed by atoms with E-state index in [0.717, 1.165) is 44.9 Å². The molecule has 1 saturated heterocycles. The van der Waals surface area contributed by atoms with Crippen LogP contribution in [0.2, 0.25) is 0 Å². The molecule has 24 heavy (non-hydrogen) atoms. The highest BCUT2D eigenvalue weighted by Crippen LogP contribution is 2.28. The minimum atomic E-state index is -0.407. The summed E-state index contributed by atoms with van der Waals surface area (Å²) in [5.41, 5.74) is 0. The number of hydrogen-bond donors (Lipinski definition) is 0. The highest BCUT2D eigenvalue weighted by atomic mass is 16.6. The van der Waals surface area contributed by atoms with Gasteiger partial charge in [-0.1, -0.05) is 26.7 Å². The van der Waals surface area contributed by atoms with E-state index in [4.69, 9.17) is 14.2 Å². The summed E-state index contributed by atoms with van der Waals surface area (Å²) in [6.07, 6.45) is 5.67. The molecule has 0 aromatic heterocycles. The molecule has 0 bridgehead atoms. The number of rotatable bonds is 5. The molecule has 5 heteroatoms. The fraction of sp³-hybridized carbons (Fsp3) is 0.895. The predicted octanol–water partition coefficient (Wildman–Crippen LogP) is 3.64. The second-order valence-electron chi connectivity index (χ2n) is 7.59. The maximum absolute atomic E-state index is 12.5. The van der Waals surface area contributed by atoms with Gasteiger partial charge in [0.15, 0.2) is 0 Å². The zero-order valence-corrected chi connectivity index (χ0v) is 15.3. The van der Waals surface area contributed by atoms with Gasteiger partial charge in [0.1, 0.15) is 18.3 Å². The van der Waals surface area contributed by atoms with Crippen LogP contribution in [0, 0.1) is 11.8 Å². The maximum Gasteiger partial charge on any atom is 0.309 e. The Labute approximate surface area is 145 Å². The minimum absolute atomic E-state index is 0.0289. The van der Waals surface area contributed by atoms with Crippen molar-refractivity contribution in [2.75, 3.05) is 6.61 Å². The van der Waals surface area contributed by atoms with Gasteiger partial charge in [-0.15, -0.1) is 0 Å². The molecule has 2 rings (SSSR count). The molecule has 5 nitrogen and oxygen atoms in total. The summed E-state index contributed by atoms with van der Waals surface area (Å²) in [7, 11) is 0. The van der Waals surface area contributed by atoms with Crippen LogP contribution < -0.4 is 0 Å². The normalized spacial score (nSPS) is 29.7. The first-order chi connectivity index (χ1) is 11.5. The van der Waals surface area contributed by atoms with Crippen molar-refractivity contribution >= 4 is 11.9 Å². The molecule has 0 aromatic rings. The van der Waals surface area contributed by atoms with Crippen LogP contribution in [0.3, 0.4) is 0 Å². The van der Waals surface area contributed by atoms with Crippen LogP contribution in [-0.4, -0.2) is 36.9 Å². The molecule has 0 radical (unpaired) electrons. The lowest BCUT2D eigenvalue weighted by molar-refractivity contribution is -0.178. The van der Waals surface area contributed by atoms with Crippen LogP contribution >= 0.6 is 0 Å². The van der Waals surface area contributed by atoms with E-state index in [2.05, 4.69) is 13.8 Å². The molecule has 1 aliphatic carbocycles. The SMILES string of the molecule is CC(C)CO[C@H]1[C@H](C)OC(=O)CCCC[C@@H]1OC(=O)C1CCCC1. The average Bonchev–Trinajstić information content (AvgIpc) is 3.05. The molecular formula is C19H32O5. The Morgan fingerprint density at radius 1 is 1.17 bits per heavy atom. The first-order valence-corrected chi connectivity index (χ1v) is 9.49. The summed E-state index contributed by atoms with van der Waals surface area (Å²) in [6, 6.07) is 0. The zero-order valence-electron chi connectivity index (χ0n) is 15.3. The number of esters is 2. The highest BCUT2D eigenvalue weighted by Gasteiger charge is 2.36. The number of ether oxygens (including phenoxy) is 3. The van der Waals surface area contributed by atoms with Gasteiger partial charge in [-0.2, -0.15) is 0 Å². The highest BCUT2D eigenvalue weighted by molar-refractivity contribution is 5.73. The molecule has 3 atom stereocenters. The Morgan fingerprint density at radius 2 is 1.83 bits per heavy atom. The zero-order chi connectivity index (χ0) is 17.5. The van der Waals surface area contributed by atoms with Crippen molar-refractivity contribution < 1.29 is 23.8 Å². The van der Waals surface area contributed by atoms with E-state index >= 15 is 0 Å². The molecule has 138 valence electrons. The fourth-order valence-corrected chi connectivity index (χ4v) is 3.49. The Morgan fingerprint density at radius 3 is 2.50 bits per heavy atom. The summed E-state index contributed by atoms with van der Waals surface area (Å²) in [5.74, 6) is 0.102. The van der Waals surface area contributed by atoms with Crippen molar-refractivity contribution in [1.29, 1.82) is 0 Å². The fourth-order valence-electron chi connectivity index (χ4n) is 3.49. The van der Waals surface area contributed by atoms with Gasteiger partial charge in [0.2, 0.25) is 0 Å². The van der Waals surface area contributed by atoms with Crippen LogP contribution in [-0.2, 0) is 23.8 Å². The van der Waals surface area contributed by atoms with Crippen molar-refractivity contribution in [3.63, 3.8) is 0 Å².